The molecule has 1 heterocycles. The van der Waals surface area contributed by atoms with Crippen LogP contribution in [0.2, 0.25) is 0 Å². The molecule has 3 rings (SSSR count). The van der Waals surface area contributed by atoms with Gasteiger partial charge >= 0.3 is 0 Å². The fraction of sp³-hybridized carbons (Fsp3) is 0.588. The van der Waals surface area contributed by atoms with Gasteiger partial charge in [0.25, 0.3) is 0 Å². The van der Waals surface area contributed by atoms with Crippen LogP contribution in [-0.2, 0) is 0 Å². The molecule has 20 heavy (non-hydrogen) atoms. The van der Waals surface area contributed by atoms with Gasteiger partial charge in [0, 0.05) is 18.7 Å². The molecule has 108 valence electrons. The maximum atomic E-state index is 12.3. The molecule has 0 radical (unpaired) electrons. The second kappa shape index (κ2) is 4.68. The van der Waals surface area contributed by atoms with Crippen LogP contribution in [0.5, 0.6) is 0 Å². The molecule has 1 saturated carbocycles. The summed E-state index contributed by atoms with van der Waals surface area (Å²) in [6, 6.07) is 9.51. The lowest BCUT2D eigenvalue weighted by Gasteiger charge is -2.32. The molecule has 1 aliphatic carbocycles. The first kappa shape index (κ1) is 13.8. The maximum absolute atomic E-state index is 12.3. The number of aliphatic hydroxyl groups is 1. The third kappa shape index (κ3) is 2.19. The van der Waals surface area contributed by atoms with Crippen molar-refractivity contribution in [3.63, 3.8) is 0 Å². The van der Waals surface area contributed by atoms with Crippen LogP contribution in [0.15, 0.2) is 30.3 Å². The number of aliphatic hydroxyl groups excluding tert-OH is 1. The average Bonchev–Trinajstić information content (AvgIpc) is 2.72. The normalized spacial score (nSPS) is 37.0. The van der Waals surface area contributed by atoms with Crippen LogP contribution in [0.3, 0.4) is 0 Å². The third-order valence-electron chi connectivity index (χ3n) is 5.44. The van der Waals surface area contributed by atoms with Gasteiger partial charge in [0.05, 0.1) is 12.6 Å². The van der Waals surface area contributed by atoms with Crippen molar-refractivity contribution >= 4 is 5.78 Å². The topological polar surface area (TPSA) is 40.5 Å². The standard InChI is InChI=1S/C17H23NO2/c1-16-8-14(19)9-17(16,2)12-18(11-16)10-15(20)13-6-4-3-5-7-13/h3-7,14,19H,8-12H2,1-2H3/t14?,16-,17+. The van der Waals surface area contributed by atoms with Crippen molar-refractivity contribution in [2.45, 2.75) is 32.8 Å². The number of fused-ring (bicyclic) bond motifs is 1. The first-order valence-corrected chi connectivity index (χ1v) is 7.41. The Bertz CT molecular complexity index is 495. The minimum atomic E-state index is -0.169. The first-order valence-electron chi connectivity index (χ1n) is 7.41. The monoisotopic (exact) mass is 273 g/mol. The molecule has 3 nitrogen and oxygen atoms in total. The summed E-state index contributed by atoms with van der Waals surface area (Å²) in [6.07, 6.45) is 1.55. The zero-order valence-corrected chi connectivity index (χ0v) is 12.3. The van der Waals surface area contributed by atoms with Gasteiger partial charge in [-0.3, -0.25) is 9.69 Å². The molecule has 0 aromatic heterocycles. The second-order valence-electron chi connectivity index (χ2n) is 7.12. The Labute approximate surface area is 120 Å². The number of ketones is 1. The largest absolute Gasteiger partial charge is 0.393 e. The van der Waals surface area contributed by atoms with Gasteiger partial charge in [0.15, 0.2) is 5.78 Å². The van der Waals surface area contributed by atoms with Gasteiger partial charge in [-0.25, -0.2) is 0 Å². The number of Topliss-reactive ketones (excluding diaryl/α,β-unsaturated/α-hetero) is 1. The van der Waals surface area contributed by atoms with E-state index in [1.54, 1.807) is 0 Å². The van der Waals surface area contributed by atoms with Crippen molar-refractivity contribution in [2.24, 2.45) is 10.8 Å². The molecule has 0 bridgehead atoms. The summed E-state index contributed by atoms with van der Waals surface area (Å²) in [6.45, 7) is 6.84. The molecule has 0 spiro atoms. The molecule has 2 aliphatic rings. The molecule has 2 fully saturated rings. The lowest BCUT2D eigenvalue weighted by atomic mass is 9.71. The Morgan fingerprint density at radius 3 is 2.30 bits per heavy atom. The summed E-state index contributed by atoms with van der Waals surface area (Å²) < 4.78 is 0. The minimum Gasteiger partial charge on any atom is -0.393 e. The number of likely N-dealkylation sites (tertiary alicyclic amines) is 1. The summed E-state index contributed by atoms with van der Waals surface area (Å²) in [4.78, 5) is 14.6. The highest BCUT2D eigenvalue weighted by atomic mass is 16.3. The number of hydrogen-bond donors (Lipinski definition) is 1. The predicted molar refractivity (Wildman–Crippen MR) is 78.7 cm³/mol. The summed E-state index contributed by atoms with van der Waals surface area (Å²) in [7, 11) is 0. The molecule has 1 N–H and O–H groups in total. The number of carbonyl (C=O) groups excluding carboxylic acids is 1. The van der Waals surface area contributed by atoms with E-state index >= 15 is 0 Å². The van der Waals surface area contributed by atoms with Gasteiger partial charge in [-0.2, -0.15) is 0 Å². The van der Waals surface area contributed by atoms with Crippen LogP contribution in [0.1, 0.15) is 37.0 Å². The van der Waals surface area contributed by atoms with Gasteiger partial charge in [0.1, 0.15) is 0 Å². The summed E-state index contributed by atoms with van der Waals surface area (Å²) in [5.41, 5.74) is 1.08. The Morgan fingerprint density at radius 1 is 1.20 bits per heavy atom. The van der Waals surface area contributed by atoms with E-state index in [0.29, 0.717) is 6.54 Å². The smallest absolute Gasteiger partial charge is 0.176 e. The SMILES string of the molecule is C[C@@]12CC(O)C[C@]1(C)CN(CC(=O)c1ccccc1)C2. The summed E-state index contributed by atoms with van der Waals surface area (Å²) >= 11 is 0. The Balaban J connectivity index is 1.69. The minimum absolute atomic E-state index is 0.142. The Kier molecular flexibility index (Phi) is 3.22. The highest BCUT2D eigenvalue weighted by Crippen LogP contribution is 2.57. The van der Waals surface area contributed by atoms with Crippen LogP contribution in [-0.4, -0.2) is 41.5 Å². The number of nitrogens with zero attached hydrogens (tertiary/aromatic N) is 1. The number of benzene rings is 1. The molecule has 3 atom stereocenters. The lowest BCUT2D eigenvalue weighted by molar-refractivity contribution is 0.0925. The maximum Gasteiger partial charge on any atom is 0.176 e. The fourth-order valence-corrected chi connectivity index (χ4v) is 4.19. The van der Waals surface area contributed by atoms with Crippen molar-refractivity contribution in [1.82, 2.24) is 4.90 Å². The van der Waals surface area contributed by atoms with Gasteiger partial charge in [-0.1, -0.05) is 44.2 Å². The van der Waals surface area contributed by atoms with Gasteiger partial charge in [0.2, 0.25) is 0 Å². The molecule has 1 aliphatic heterocycles. The molecule has 1 aromatic carbocycles. The lowest BCUT2D eigenvalue weighted by Crippen LogP contribution is -2.31. The van der Waals surface area contributed by atoms with E-state index in [2.05, 4.69) is 18.7 Å². The Morgan fingerprint density at radius 2 is 1.75 bits per heavy atom. The number of rotatable bonds is 3. The predicted octanol–water partition coefficient (Wildman–Crippen LogP) is 2.35. The fourth-order valence-electron chi connectivity index (χ4n) is 4.19. The second-order valence-corrected chi connectivity index (χ2v) is 7.12. The number of hydrogen-bond acceptors (Lipinski definition) is 3. The average molecular weight is 273 g/mol. The molecule has 1 aromatic rings. The zero-order valence-electron chi connectivity index (χ0n) is 12.3. The van der Waals surface area contributed by atoms with Crippen molar-refractivity contribution in [2.75, 3.05) is 19.6 Å². The molecule has 0 amide bonds. The van der Waals surface area contributed by atoms with E-state index in [1.165, 1.54) is 0 Å². The molecule has 1 unspecified atom stereocenters. The van der Waals surface area contributed by atoms with E-state index in [0.717, 1.165) is 31.5 Å². The van der Waals surface area contributed by atoms with Gasteiger partial charge < -0.3 is 5.11 Å². The van der Waals surface area contributed by atoms with Crippen LogP contribution in [0.25, 0.3) is 0 Å². The molecular weight excluding hydrogens is 250 g/mol. The summed E-state index contributed by atoms with van der Waals surface area (Å²) in [5.74, 6) is 0.193. The third-order valence-corrected chi connectivity index (χ3v) is 5.44. The van der Waals surface area contributed by atoms with Crippen LogP contribution in [0.4, 0.5) is 0 Å². The summed E-state index contributed by atoms with van der Waals surface area (Å²) in [5, 5.41) is 9.93. The molecule has 3 heteroatoms. The quantitative estimate of drug-likeness (QED) is 0.859. The van der Waals surface area contributed by atoms with E-state index in [4.69, 9.17) is 0 Å². The Hall–Kier alpha value is -1.19. The van der Waals surface area contributed by atoms with E-state index in [-0.39, 0.29) is 22.7 Å². The number of carbonyl (C=O) groups is 1. The van der Waals surface area contributed by atoms with E-state index < -0.39 is 0 Å². The van der Waals surface area contributed by atoms with Crippen molar-refractivity contribution in [1.29, 1.82) is 0 Å². The van der Waals surface area contributed by atoms with E-state index in [1.807, 2.05) is 30.3 Å². The highest BCUT2D eigenvalue weighted by molar-refractivity contribution is 5.97. The van der Waals surface area contributed by atoms with Crippen molar-refractivity contribution in [3.8, 4) is 0 Å². The highest BCUT2D eigenvalue weighted by Gasteiger charge is 2.57. The van der Waals surface area contributed by atoms with Gasteiger partial charge in [-0.15, -0.1) is 0 Å². The van der Waals surface area contributed by atoms with Crippen LogP contribution < -0.4 is 0 Å². The van der Waals surface area contributed by atoms with Crippen molar-refractivity contribution < 1.29 is 9.90 Å². The molecule has 1 saturated heterocycles. The zero-order chi connectivity index (χ0) is 14.4. The van der Waals surface area contributed by atoms with Crippen LogP contribution >= 0.6 is 0 Å². The van der Waals surface area contributed by atoms with E-state index in [9.17, 15) is 9.90 Å². The van der Waals surface area contributed by atoms with Gasteiger partial charge in [-0.05, 0) is 23.7 Å². The van der Waals surface area contributed by atoms with Crippen molar-refractivity contribution in [3.05, 3.63) is 35.9 Å². The van der Waals surface area contributed by atoms with Crippen LogP contribution in [0, 0.1) is 10.8 Å². The molecular formula is C17H23NO2. The first-order chi connectivity index (χ1) is 9.42.